The van der Waals surface area contributed by atoms with Gasteiger partial charge in [-0.15, -0.1) is 0 Å². The molecule has 0 amide bonds. The van der Waals surface area contributed by atoms with Gasteiger partial charge in [0.25, 0.3) is 0 Å². The summed E-state index contributed by atoms with van der Waals surface area (Å²) >= 11 is 0. The number of aromatic nitrogens is 2. The van der Waals surface area contributed by atoms with Crippen LogP contribution in [0.25, 0.3) is 49.3 Å². The van der Waals surface area contributed by atoms with Crippen molar-refractivity contribution in [2.45, 2.75) is 0 Å². The third-order valence-electron chi connectivity index (χ3n) is 8.77. The highest BCUT2D eigenvalue weighted by Gasteiger charge is 2.22. The van der Waals surface area contributed by atoms with Crippen LogP contribution in [-0.2, 0) is 0 Å². The predicted molar refractivity (Wildman–Crippen MR) is 191 cm³/mol. The van der Waals surface area contributed by atoms with Gasteiger partial charge in [0.05, 0.1) is 34.3 Å². The molecule has 0 fully saturated rings. The highest BCUT2D eigenvalue weighted by atomic mass is 15.5. The van der Waals surface area contributed by atoms with E-state index in [1.165, 1.54) is 27.1 Å². The molecule has 0 radical (unpaired) electrons. The predicted octanol–water partition coefficient (Wildman–Crippen LogP) is 8.77. The van der Waals surface area contributed by atoms with Crippen LogP contribution in [0.2, 0.25) is 0 Å². The minimum absolute atomic E-state index is 0.604. The first-order valence-corrected chi connectivity index (χ1v) is 15.5. The fourth-order valence-electron chi connectivity index (χ4n) is 6.72. The van der Waals surface area contributed by atoms with Gasteiger partial charge in [-0.1, -0.05) is 103 Å². The number of hydrogen-bond acceptors (Lipinski definition) is 4. The molecule has 6 aromatic carbocycles. The van der Waals surface area contributed by atoms with Gasteiger partial charge in [0.15, 0.2) is 5.82 Å². The minimum Gasteiger partial charge on any atom is -0.363 e. The quantitative estimate of drug-likeness (QED) is 0.180. The third-order valence-corrected chi connectivity index (χ3v) is 8.77. The summed E-state index contributed by atoms with van der Waals surface area (Å²) < 4.78 is 4.58. The molecular formula is C40H30N6. The highest BCUT2D eigenvalue weighted by Crippen LogP contribution is 2.40. The standard InChI is InChI=1S/C40H30N6/c1-4-14-27(15-5-1)33-26-41-39(42-28-16-6-2-7-17-28)40(43-33)44-46-35-23-13-10-20-30(35)31-24-25-36-37(38(31)46)32-21-11-12-22-34(32)45(36)29-18-8-3-9-19-29/h1-25,41-42,44H,26H2. The molecule has 46 heavy (non-hydrogen) atoms. The zero-order valence-electron chi connectivity index (χ0n) is 25.0. The Balaban J connectivity index is 1.32. The molecule has 2 aromatic heterocycles. The van der Waals surface area contributed by atoms with Gasteiger partial charge in [0.1, 0.15) is 5.82 Å². The van der Waals surface area contributed by atoms with Gasteiger partial charge < -0.3 is 15.2 Å². The lowest BCUT2D eigenvalue weighted by Crippen LogP contribution is -2.35. The molecule has 0 saturated carbocycles. The Morgan fingerprint density at radius 3 is 2.00 bits per heavy atom. The molecule has 9 rings (SSSR count). The lowest BCUT2D eigenvalue weighted by molar-refractivity contribution is 0.849. The Kier molecular flexibility index (Phi) is 6.09. The van der Waals surface area contributed by atoms with Crippen molar-refractivity contribution in [3.05, 3.63) is 169 Å². The van der Waals surface area contributed by atoms with Crippen LogP contribution in [0, 0.1) is 0 Å². The van der Waals surface area contributed by atoms with E-state index in [4.69, 9.17) is 4.99 Å². The van der Waals surface area contributed by atoms with Gasteiger partial charge in [-0.3, -0.25) is 10.1 Å². The lowest BCUT2D eigenvalue weighted by atomic mass is 10.1. The summed E-state index contributed by atoms with van der Waals surface area (Å²) in [6.07, 6.45) is 0. The zero-order chi connectivity index (χ0) is 30.5. The summed E-state index contributed by atoms with van der Waals surface area (Å²) in [6, 6.07) is 52.9. The summed E-state index contributed by atoms with van der Waals surface area (Å²) in [6.45, 7) is 0.604. The first kappa shape index (κ1) is 26.2. The molecule has 0 spiro atoms. The van der Waals surface area contributed by atoms with Gasteiger partial charge in [0.2, 0.25) is 0 Å². The average molecular weight is 595 g/mol. The van der Waals surface area contributed by atoms with E-state index in [0.717, 1.165) is 45.0 Å². The number of nitrogens with zero attached hydrogens (tertiary/aromatic N) is 3. The molecule has 3 heterocycles. The third kappa shape index (κ3) is 4.23. The number of fused-ring (bicyclic) bond motifs is 7. The van der Waals surface area contributed by atoms with Crippen LogP contribution < -0.4 is 16.1 Å². The molecule has 0 bridgehead atoms. The molecule has 0 unspecified atom stereocenters. The van der Waals surface area contributed by atoms with E-state index in [0.29, 0.717) is 12.4 Å². The molecule has 6 heteroatoms. The van der Waals surface area contributed by atoms with Crippen molar-refractivity contribution in [2.24, 2.45) is 4.99 Å². The number of hydrogen-bond donors (Lipinski definition) is 3. The van der Waals surface area contributed by atoms with Crippen molar-refractivity contribution >= 4 is 55.0 Å². The molecule has 8 aromatic rings. The average Bonchev–Trinajstić information content (AvgIpc) is 3.63. The molecule has 1 aliphatic heterocycles. The number of rotatable bonds is 6. The van der Waals surface area contributed by atoms with E-state index in [-0.39, 0.29) is 0 Å². The molecule has 0 saturated heterocycles. The molecule has 220 valence electrons. The number of benzene rings is 6. The van der Waals surface area contributed by atoms with Crippen LogP contribution in [0.15, 0.2) is 168 Å². The molecule has 0 aliphatic carbocycles. The highest BCUT2D eigenvalue weighted by molar-refractivity contribution is 6.25. The van der Waals surface area contributed by atoms with E-state index in [1.807, 2.05) is 24.3 Å². The first-order chi connectivity index (χ1) is 22.8. The van der Waals surface area contributed by atoms with E-state index < -0.39 is 0 Å². The van der Waals surface area contributed by atoms with Crippen LogP contribution >= 0.6 is 0 Å². The second kappa shape index (κ2) is 10.7. The summed E-state index contributed by atoms with van der Waals surface area (Å²) in [5.41, 5.74) is 12.5. The van der Waals surface area contributed by atoms with Crippen LogP contribution in [0.1, 0.15) is 5.56 Å². The molecular weight excluding hydrogens is 564 g/mol. The van der Waals surface area contributed by atoms with Crippen molar-refractivity contribution in [1.29, 1.82) is 0 Å². The maximum atomic E-state index is 5.25. The minimum atomic E-state index is 0.604. The molecule has 6 nitrogen and oxygen atoms in total. The maximum Gasteiger partial charge on any atom is 0.186 e. The number of para-hydroxylation sites is 4. The van der Waals surface area contributed by atoms with Crippen molar-refractivity contribution in [3.8, 4) is 5.69 Å². The molecule has 0 atom stereocenters. The SMILES string of the molecule is c1ccc(NC2=C(Nn3c4ccccc4c4ccc5c(c6ccccc6n5-c5ccccc5)c43)N=C(c3ccccc3)CN2)cc1. The van der Waals surface area contributed by atoms with Crippen LogP contribution in [-0.4, -0.2) is 21.5 Å². The summed E-state index contributed by atoms with van der Waals surface area (Å²) in [5.74, 6) is 1.52. The Morgan fingerprint density at radius 2 is 1.22 bits per heavy atom. The van der Waals surface area contributed by atoms with Crippen molar-refractivity contribution in [2.75, 3.05) is 17.3 Å². The molecule has 3 N–H and O–H groups in total. The first-order valence-electron chi connectivity index (χ1n) is 15.5. The smallest absolute Gasteiger partial charge is 0.186 e. The number of nitrogens with one attached hydrogen (secondary N) is 3. The van der Waals surface area contributed by atoms with E-state index >= 15 is 0 Å². The second-order valence-corrected chi connectivity index (χ2v) is 11.5. The number of aliphatic imine (C=N–C) groups is 1. The lowest BCUT2D eigenvalue weighted by Gasteiger charge is -2.24. The van der Waals surface area contributed by atoms with Gasteiger partial charge in [-0.25, -0.2) is 4.99 Å². The van der Waals surface area contributed by atoms with Crippen molar-refractivity contribution in [3.63, 3.8) is 0 Å². The second-order valence-electron chi connectivity index (χ2n) is 11.5. The van der Waals surface area contributed by atoms with Crippen LogP contribution in [0.5, 0.6) is 0 Å². The Labute approximate surface area is 265 Å². The van der Waals surface area contributed by atoms with E-state index in [9.17, 15) is 0 Å². The Bertz CT molecular complexity index is 2450. The van der Waals surface area contributed by atoms with Crippen molar-refractivity contribution in [1.82, 2.24) is 14.6 Å². The van der Waals surface area contributed by atoms with Gasteiger partial charge in [-0.2, -0.15) is 0 Å². The van der Waals surface area contributed by atoms with Gasteiger partial charge >= 0.3 is 0 Å². The monoisotopic (exact) mass is 594 g/mol. The topological polar surface area (TPSA) is 58.3 Å². The van der Waals surface area contributed by atoms with Crippen LogP contribution in [0.4, 0.5) is 5.69 Å². The summed E-state index contributed by atoms with van der Waals surface area (Å²) in [5, 5.41) is 12.0. The molecule has 1 aliphatic rings. The van der Waals surface area contributed by atoms with Gasteiger partial charge in [-0.05, 0) is 54.1 Å². The Hall–Kier alpha value is -6.27. The largest absolute Gasteiger partial charge is 0.363 e. The summed E-state index contributed by atoms with van der Waals surface area (Å²) in [7, 11) is 0. The van der Waals surface area contributed by atoms with Crippen LogP contribution in [0.3, 0.4) is 0 Å². The number of anilines is 1. The fraction of sp³-hybridized carbons (Fsp3) is 0.0250. The van der Waals surface area contributed by atoms with Crippen molar-refractivity contribution < 1.29 is 0 Å². The van der Waals surface area contributed by atoms with Gasteiger partial charge in [0, 0.05) is 32.9 Å². The summed E-state index contributed by atoms with van der Waals surface area (Å²) in [4.78, 5) is 5.25. The maximum absolute atomic E-state index is 5.25. The van der Waals surface area contributed by atoms with E-state index in [1.54, 1.807) is 0 Å². The fourth-order valence-corrected chi connectivity index (χ4v) is 6.72. The van der Waals surface area contributed by atoms with E-state index in [2.05, 4.69) is 153 Å². The normalized spacial score (nSPS) is 13.3. The Morgan fingerprint density at radius 1 is 0.565 bits per heavy atom. The zero-order valence-corrected chi connectivity index (χ0v) is 25.0.